The van der Waals surface area contributed by atoms with E-state index in [0.717, 1.165) is 42.4 Å². The number of benzene rings is 3. The van der Waals surface area contributed by atoms with Crippen LogP contribution < -0.4 is 5.32 Å². The first kappa shape index (κ1) is 26.3. The molecular weight excluding hydrogens is 488 g/mol. The lowest BCUT2D eigenvalue weighted by Gasteiger charge is -2.32. The normalized spacial score (nSPS) is 14.4. The molecule has 0 unspecified atom stereocenters. The minimum atomic E-state index is -0.572. The molecular formula is C30H33ClN2O2S. The summed E-state index contributed by atoms with van der Waals surface area (Å²) in [4.78, 5) is 29.1. The number of hydrogen-bond donors (Lipinski definition) is 1. The molecule has 1 aliphatic rings. The van der Waals surface area contributed by atoms with Crippen molar-refractivity contribution in [3.8, 4) is 0 Å². The molecule has 4 nitrogen and oxygen atoms in total. The first-order valence-corrected chi connectivity index (χ1v) is 14.1. The van der Waals surface area contributed by atoms with E-state index < -0.39 is 6.04 Å². The van der Waals surface area contributed by atoms with Gasteiger partial charge in [-0.3, -0.25) is 9.59 Å². The van der Waals surface area contributed by atoms with Crippen LogP contribution in [-0.2, 0) is 28.3 Å². The van der Waals surface area contributed by atoms with Crippen LogP contribution >= 0.6 is 23.4 Å². The quantitative estimate of drug-likeness (QED) is 0.324. The van der Waals surface area contributed by atoms with Crippen molar-refractivity contribution in [3.05, 3.63) is 107 Å². The van der Waals surface area contributed by atoms with Crippen LogP contribution in [0.1, 0.15) is 42.4 Å². The molecule has 3 aromatic carbocycles. The molecule has 0 saturated heterocycles. The number of nitrogens with one attached hydrogen (secondary N) is 1. The van der Waals surface area contributed by atoms with Crippen molar-refractivity contribution in [3.63, 3.8) is 0 Å². The van der Waals surface area contributed by atoms with Gasteiger partial charge in [-0.15, -0.1) is 11.8 Å². The molecule has 1 fully saturated rings. The third-order valence-corrected chi connectivity index (χ3v) is 7.82. The smallest absolute Gasteiger partial charge is 0.243 e. The molecule has 6 heteroatoms. The van der Waals surface area contributed by atoms with Crippen molar-refractivity contribution in [1.29, 1.82) is 0 Å². The summed E-state index contributed by atoms with van der Waals surface area (Å²) in [6.45, 7) is 0.400. The van der Waals surface area contributed by atoms with Crippen LogP contribution in [0.25, 0.3) is 0 Å². The van der Waals surface area contributed by atoms with Crippen molar-refractivity contribution in [2.45, 2.75) is 56.5 Å². The SMILES string of the molecule is O=C(NC1CCCC1)[C@@H](Cc1ccccc1)N(Cc1ccccc1)C(=O)CSCc1ccc(Cl)cc1. The number of carbonyl (C=O) groups is 2. The highest BCUT2D eigenvalue weighted by Gasteiger charge is 2.32. The highest BCUT2D eigenvalue weighted by molar-refractivity contribution is 7.99. The summed E-state index contributed by atoms with van der Waals surface area (Å²) >= 11 is 7.56. The van der Waals surface area contributed by atoms with Crippen LogP contribution in [0.5, 0.6) is 0 Å². The largest absolute Gasteiger partial charge is 0.352 e. The first-order chi connectivity index (χ1) is 17.6. The van der Waals surface area contributed by atoms with Crippen LogP contribution in [0, 0.1) is 0 Å². The summed E-state index contributed by atoms with van der Waals surface area (Å²) in [6, 6.07) is 27.2. The van der Waals surface area contributed by atoms with Gasteiger partial charge in [0.2, 0.25) is 11.8 Å². The predicted octanol–water partition coefficient (Wildman–Crippen LogP) is 6.27. The molecule has 0 bridgehead atoms. The van der Waals surface area contributed by atoms with E-state index in [1.807, 2.05) is 84.9 Å². The highest BCUT2D eigenvalue weighted by Crippen LogP contribution is 2.21. The van der Waals surface area contributed by atoms with E-state index in [2.05, 4.69) is 5.32 Å². The summed E-state index contributed by atoms with van der Waals surface area (Å²) in [5.74, 6) is 0.926. The molecule has 0 heterocycles. The average Bonchev–Trinajstić information content (AvgIpc) is 3.41. The number of carbonyl (C=O) groups excluding carboxylic acids is 2. The fourth-order valence-electron chi connectivity index (χ4n) is 4.62. The zero-order valence-electron chi connectivity index (χ0n) is 20.4. The Morgan fingerprint density at radius 3 is 2.11 bits per heavy atom. The molecule has 2 amide bonds. The Morgan fingerprint density at radius 1 is 0.861 bits per heavy atom. The molecule has 4 rings (SSSR count). The van der Waals surface area contributed by atoms with E-state index in [1.165, 1.54) is 0 Å². The van der Waals surface area contributed by atoms with Crippen molar-refractivity contribution in [1.82, 2.24) is 10.2 Å². The van der Waals surface area contributed by atoms with Crippen molar-refractivity contribution >= 4 is 35.2 Å². The molecule has 1 N–H and O–H groups in total. The fraction of sp³-hybridized carbons (Fsp3) is 0.333. The van der Waals surface area contributed by atoms with Gasteiger partial charge in [-0.1, -0.05) is 97.2 Å². The highest BCUT2D eigenvalue weighted by atomic mass is 35.5. The van der Waals surface area contributed by atoms with E-state index >= 15 is 0 Å². The number of amides is 2. The number of hydrogen-bond acceptors (Lipinski definition) is 3. The lowest BCUT2D eigenvalue weighted by Crippen LogP contribution is -2.52. The molecule has 0 aromatic heterocycles. The molecule has 36 heavy (non-hydrogen) atoms. The Morgan fingerprint density at radius 2 is 1.47 bits per heavy atom. The van der Waals surface area contributed by atoms with Crippen LogP contribution in [0.3, 0.4) is 0 Å². The Balaban J connectivity index is 1.53. The van der Waals surface area contributed by atoms with Gasteiger partial charge in [-0.05, 0) is 41.7 Å². The van der Waals surface area contributed by atoms with E-state index in [1.54, 1.807) is 16.7 Å². The third kappa shape index (κ3) is 7.87. The minimum absolute atomic E-state index is 0.0275. The van der Waals surface area contributed by atoms with Gasteiger partial charge in [-0.25, -0.2) is 0 Å². The molecule has 0 radical (unpaired) electrons. The standard InChI is InChI=1S/C30H33ClN2O2S/c31-26-17-15-25(16-18-26)21-36-22-29(34)33(20-24-11-5-2-6-12-24)28(19-23-9-3-1-4-10-23)30(35)32-27-13-7-8-14-27/h1-6,9-12,15-18,27-28H,7-8,13-14,19-22H2,(H,32,35)/t28-/m1/s1. The lowest BCUT2D eigenvalue weighted by atomic mass is 10.0. The Bertz CT molecular complexity index is 1100. The second kappa shape index (κ2) is 13.5. The van der Waals surface area contributed by atoms with Gasteiger partial charge in [0.05, 0.1) is 5.75 Å². The maximum Gasteiger partial charge on any atom is 0.243 e. The van der Waals surface area contributed by atoms with Crippen molar-refractivity contribution in [2.75, 3.05) is 5.75 Å². The van der Waals surface area contributed by atoms with Gasteiger partial charge in [0.1, 0.15) is 6.04 Å². The van der Waals surface area contributed by atoms with Gasteiger partial charge < -0.3 is 10.2 Å². The molecule has 0 aliphatic heterocycles. The average molecular weight is 521 g/mol. The topological polar surface area (TPSA) is 49.4 Å². The van der Waals surface area contributed by atoms with Gasteiger partial charge in [-0.2, -0.15) is 0 Å². The Kier molecular flexibility index (Phi) is 9.88. The minimum Gasteiger partial charge on any atom is -0.352 e. The number of rotatable bonds is 11. The molecule has 1 atom stereocenters. The predicted molar refractivity (Wildman–Crippen MR) is 149 cm³/mol. The van der Waals surface area contributed by atoms with E-state index in [-0.39, 0.29) is 17.9 Å². The molecule has 188 valence electrons. The fourth-order valence-corrected chi connectivity index (χ4v) is 5.62. The van der Waals surface area contributed by atoms with E-state index in [0.29, 0.717) is 29.5 Å². The summed E-state index contributed by atoms with van der Waals surface area (Å²) in [5.41, 5.74) is 3.18. The van der Waals surface area contributed by atoms with Crippen molar-refractivity contribution in [2.24, 2.45) is 0 Å². The second-order valence-electron chi connectivity index (χ2n) is 9.32. The van der Waals surface area contributed by atoms with Crippen LogP contribution in [0.4, 0.5) is 0 Å². The molecule has 3 aromatic rings. The van der Waals surface area contributed by atoms with Crippen LogP contribution in [0.2, 0.25) is 5.02 Å². The third-order valence-electron chi connectivity index (χ3n) is 6.58. The zero-order valence-corrected chi connectivity index (χ0v) is 22.0. The lowest BCUT2D eigenvalue weighted by molar-refractivity contribution is -0.139. The van der Waals surface area contributed by atoms with E-state index in [9.17, 15) is 9.59 Å². The Hall–Kier alpha value is -2.76. The monoisotopic (exact) mass is 520 g/mol. The summed E-state index contributed by atoms with van der Waals surface area (Å²) < 4.78 is 0. The second-order valence-corrected chi connectivity index (χ2v) is 10.7. The maximum absolute atomic E-state index is 13.7. The van der Waals surface area contributed by atoms with Crippen molar-refractivity contribution < 1.29 is 9.59 Å². The summed E-state index contributed by atoms with van der Waals surface area (Å²) in [5, 5.41) is 3.96. The van der Waals surface area contributed by atoms with Gasteiger partial charge in [0, 0.05) is 29.8 Å². The van der Waals surface area contributed by atoms with Gasteiger partial charge >= 0.3 is 0 Å². The van der Waals surface area contributed by atoms with Gasteiger partial charge in [0.25, 0.3) is 0 Å². The van der Waals surface area contributed by atoms with Crippen LogP contribution in [-0.4, -0.2) is 34.6 Å². The van der Waals surface area contributed by atoms with Crippen LogP contribution in [0.15, 0.2) is 84.9 Å². The summed E-state index contributed by atoms with van der Waals surface area (Å²) in [7, 11) is 0. The maximum atomic E-state index is 13.7. The number of halogens is 1. The first-order valence-electron chi connectivity index (χ1n) is 12.6. The summed E-state index contributed by atoms with van der Waals surface area (Å²) in [6.07, 6.45) is 4.78. The number of thioether (sulfide) groups is 1. The number of nitrogens with zero attached hydrogens (tertiary/aromatic N) is 1. The zero-order chi connectivity index (χ0) is 25.2. The Labute approximate surface area is 223 Å². The van der Waals surface area contributed by atoms with E-state index in [4.69, 9.17) is 11.6 Å². The molecule has 1 saturated carbocycles. The van der Waals surface area contributed by atoms with Gasteiger partial charge in [0.15, 0.2) is 0 Å². The molecule has 0 spiro atoms. The molecule has 1 aliphatic carbocycles.